The molecule has 0 bridgehead atoms. The van der Waals surface area contributed by atoms with Crippen LogP contribution in [0.5, 0.6) is 0 Å². The second-order valence-electron chi connectivity index (χ2n) is 4.87. The molecule has 112 valence electrons. The van der Waals surface area contributed by atoms with Gasteiger partial charge in [-0.2, -0.15) is 5.26 Å². The second-order valence-corrected chi connectivity index (χ2v) is 5.64. The normalized spacial score (nSPS) is 14.7. The molecular formula is C15H16N6S. The lowest BCUT2D eigenvalue weighted by molar-refractivity contribution is 0.637. The molecule has 22 heavy (non-hydrogen) atoms. The van der Waals surface area contributed by atoms with Crippen molar-refractivity contribution in [3.8, 4) is 6.07 Å². The maximum Gasteiger partial charge on any atom is 0.189 e. The average molecular weight is 312 g/mol. The van der Waals surface area contributed by atoms with Crippen molar-refractivity contribution >= 4 is 23.4 Å². The summed E-state index contributed by atoms with van der Waals surface area (Å²) >= 11 is 1.48. The van der Waals surface area contributed by atoms with Gasteiger partial charge < -0.3 is 9.80 Å². The van der Waals surface area contributed by atoms with Crippen molar-refractivity contribution in [1.82, 2.24) is 15.0 Å². The van der Waals surface area contributed by atoms with E-state index in [1.165, 1.54) is 11.8 Å². The summed E-state index contributed by atoms with van der Waals surface area (Å²) in [6.07, 6.45) is 5.36. The number of hydrogen-bond donors (Lipinski definition) is 0. The van der Waals surface area contributed by atoms with Crippen LogP contribution in [0.1, 0.15) is 5.56 Å². The molecule has 0 N–H and O–H groups in total. The number of thioether (sulfide) groups is 1. The van der Waals surface area contributed by atoms with Gasteiger partial charge in [0.1, 0.15) is 17.5 Å². The Labute approximate surface area is 133 Å². The van der Waals surface area contributed by atoms with Crippen LogP contribution in [0.4, 0.5) is 11.6 Å². The van der Waals surface area contributed by atoms with Gasteiger partial charge in [0.25, 0.3) is 0 Å². The molecule has 1 aliphatic heterocycles. The van der Waals surface area contributed by atoms with Crippen LogP contribution in [-0.2, 0) is 0 Å². The minimum atomic E-state index is 0.532. The third kappa shape index (κ3) is 2.97. The van der Waals surface area contributed by atoms with Crippen LogP contribution < -0.4 is 9.80 Å². The quantitative estimate of drug-likeness (QED) is 0.632. The van der Waals surface area contributed by atoms with Crippen molar-refractivity contribution < 1.29 is 0 Å². The molecule has 3 rings (SSSR count). The molecule has 0 radical (unpaired) electrons. The van der Waals surface area contributed by atoms with E-state index in [4.69, 9.17) is 0 Å². The van der Waals surface area contributed by atoms with E-state index in [0.717, 1.165) is 37.8 Å². The van der Waals surface area contributed by atoms with Gasteiger partial charge in [0.05, 0.1) is 6.20 Å². The predicted octanol–water partition coefficient (Wildman–Crippen LogP) is 1.79. The molecule has 1 saturated heterocycles. The van der Waals surface area contributed by atoms with Crippen LogP contribution in [0.15, 0.2) is 35.7 Å². The Kier molecular flexibility index (Phi) is 4.39. The number of aromatic nitrogens is 3. The van der Waals surface area contributed by atoms with Crippen LogP contribution >= 0.6 is 11.8 Å². The highest BCUT2D eigenvalue weighted by Crippen LogP contribution is 2.22. The van der Waals surface area contributed by atoms with Gasteiger partial charge in [-0.3, -0.25) is 0 Å². The van der Waals surface area contributed by atoms with Gasteiger partial charge in [0.2, 0.25) is 0 Å². The van der Waals surface area contributed by atoms with E-state index >= 15 is 0 Å². The highest BCUT2D eigenvalue weighted by atomic mass is 32.2. The summed E-state index contributed by atoms with van der Waals surface area (Å²) in [5.74, 6) is 1.73. The van der Waals surface area contributed by atoms with Crippen LogP contribution in [0.25, 0.3) is 0 Å². The first-order chi connectivity index (χ1) is 10.8. The first kappa shape index (κ1) is 14.6. The maximum absolute atomic E-state index is 9.26. The number of nitrogens with zero attached hydrogens (tertiary/aromatic N) is 6. The van der Waals surface area contributed by atoms with Crippen molar-refractivity contribution in [3.63, 3.8) is 0 Å². The molecule has 2 aromatic heterocycles. The summed E-state index contributed by atoms with van der Waals surface area (Å²) in [6, 6.07) is 8.12. The van der Waals surface area contributed by atoms with E-state index in [9.17, 15) is 5.26 Å². The Hall–Kier alpha value is -2.33. The zero-order valence-electron chi connectivity index (χ0n) is 12.3. The van der Waals surface area contributed by atoms with E-state index in [1.807, 2.05) is 30.7 Å². The molecule has 0 aromatic carbocycles. The first-order valence-corrected chi connectivity index (χ1v) is 8.26. The van der Waals surface area contributed by atoms with Crippen molar-refractivity contribution in [2.45, 2.75) is 5.16 Å². The van der Waals surface area contributed by atoms with E-state index in [2.05, 4.69) is 30.8 Å². The van der Waals surface area contributed by atoms with Gasteiger partial charge >= 0.3 is 0 Å². The minimum absolute atomic E-state index is 0.532. The van der Waals surface area contributed by atoms with Crippen molar-refractivity contribution in [2.24, 2.45) is 0 Å². The molecule has 1 aliphatic rings. The standard InChI is InChI=1S/C15H16N6S/c1-22-15-18-11-12(10-16)14(19-15)21-8-6-20(7-9-21)13-4-2-3-5-17-13/h2-5,11H,6-9H2,1H3. The summed E-state index contributed by atoms with van der Waals surface area (Å²) in [4.78, 5) is 17.5. The second kappa shape index (κ2) is 6.62. The topological polar surface area (TPSA) is 68.9 Å². The van der Waals surface area contributed by atoms with Crippen LogP contribution in [0, 0.1) is 11.3 Å². The molecule has 7 heteroatoms. The summed E-state index contributed by atoms with van der Waals surface area (Å²) in [6.45, 7) is 3.35. The molecule has 1 fully saturated rings. The lowest BCUT2D eigenvalue weighted by Crippen LogP contribution is -2.47. The lowest BCUT2D eigenvalue weighted by Gasteiger charge is -2.36. The van der Waals surface area contributed by atoms with Crippen LogP contribution in [0.3, 0.4) is 0 Å². The number of rotatable bonds is 3. The monoisotopic (exact) mass is 312 g/mol. The van der Waals surface area contributed by atoms with Crippen molar-refractivity contribution in [2.75, 3.05) is 42.2 Å². The Bertz CT molecular complexity index is 676. The zero-order chi connectivity index (χ0) is 15.4. The molecule has 0 spiro atoms. The van der Waals surface area contributed by atoms with Crippen molar-refractivity contribution in [1.29, 1.82) is 5.26 Å². The largest absolute Gasteiger partial charge is 0.353 e. The molecule has 6 nitrogen and oxygen atoms in total. The van der Waals surface area contributed by atoms with E-state index in [-0.39, 0.29) is 0 Å². The molecule has 0 aliphatic carbocycles. The number of pyridine rings is 1. The van der Waals surface area contributed by atoms with Gasteiger partial charge in [0, 0.05) is 32.4 Å². The van der Waals surface area contributed by atoms with Gasteiger partial charge in [-0.15, -0.1) is 0 Å². The Morgan fingerprint density at radius 2 is 1.91 bits per heavy atom. The summed E-state index contributed by atoms with van der Waals surface area (Å²) in [5.41, 5.74) is 0.532. The number of hydrogen-bond acceptors (Lipinski definition) is 7. The molecule has 2 aromatic rings. The van der Waals surface area contributed by atoms with E-state index in [1.54, 1.807) is 6.20 Å². The third-order valence-electron chi connectivity index (χ3n) is 3.60. The van der Waals surface area contributed by atoms with Gasteiger partial charge in [0.15, 0.2) is 11.0 Å². The molecular weight excluding hydrogens is 296 g/mol. The van der Waals surface area contributed by atoms with Gasteiger partial charge in [-0.25, -0.2) is 15.0 Å². The Morgan fingerprint density at radius 3 is 2.55 bits per heavy atom. The van der Waals surface area contributed by atoms with Crippen LogP contribution in [0.2, 0.25) is 0 Å². The Morgan fingerprint density at radius 1 is 1.14 bits per heavy atom. The van der Waals surface area contributed by atoms with Gasteiger partial charge in [-0.1, -0.05) is 17.8 Å². The van der Waals surface area contributed by atoms with Gasteiger partial charge in [-0.05, 0) is 18.4 Å². The smallest absolute Gasteiger partial charge is 0.189 e. The summed E-state index contributed by atoms with van der Waals surface area (Å²) < 4.78 is 0. The van der Waals surface area contributed by atoms with E-state index in [0.29, 0.717) is 10.7 Å². The average Bonchev–Trinajstić information content (AvgIpc) is 2.62. The maximum atomic E-state index is 9.26. The third-order valence-corrected chi connectivity index (χ3v) is 4.16. The molecule has 0 atom stereocenters. The summed E-state index contributed by atoms with van der Waals surface area (Å²) in [7, 11) is 0. The highest BCUT2D eigenvalue weighted by molar-refractivity contribution is 7.98. The van der Waals surface area contributed by atoms with E-state index < -0.39 is 0 Å². The minimum Gasteiger partial charge on any atom is -0.353 e. The Balaban J connectivity index is 1.75. The number of anilines is 2. The molecule has 0 amide bonds. The lowest BCUT2D eigenvalue weighted by atomic mass is 10.2. The van der Waals surface area contributed by atoms with Crippen molar-refractivity contribution in [3.05, 3.63) is 36.2 Å². The highest BCUT2D eigenvalue weighted by Gasteiger charge is 2.21. The first-order valence-electron chi connectivity index (χ1n) is 7.04. The number of nitriles is 1. The molecule has 3 heterocycles. The zero-order valence-corrected chi connectivity index (χ0v) is 13.1. The fraction of sp³-hybridized carbons (Fsp3) is 0.333. The summed E-state index contributed by atoms with van der Waals surface area (Å²) in [5, 5.41) is 9.95. The molecule has 0 saturated carbocycles. The molecule has 0 unspecified atom stereocenters. The SMILES string of the molecule is CSc1ncc(C#N)c(N2CCN(c3ccccn3)CC2)n1. The fourth-order valence-electron chi connectivity index (χ4n) is 2.46. The van der Waals surface area contributed by atoms with Crippen LogP contribution in [-0.4, -0.2) is 47.4 Å². The predicted molar refractivity (Wildman–Crippen MR) is 87.2 cm³/mol. The number of piperazine rings is 1. The fourth-order valence-corrected chi connectivity index (χ4v) is 2.80.